The van der Waals surface area contributed by atoms with Gasteiger partial charge in [0.15, 0.2) is 11.5 Å². The number of rotatable bonds is 9. The number of aromatic nitrogens is 1. The van der Waals surface area contributed by atoms with Gasteiger partial charge in [-0.05, 0) is 86.1 Å². The average molecular weight is 602 g/mol. The maximum absolute atomic E-state index is 14.1. The number of fused-ring (bicyclic) bond motifs is 1. The van der Waals surface area contributed by atoms with Gasteiger partial charge in [-0.3, -0.25) is 9.88 Å². The van der Waals surface area contributed by atoms with Crippen molar-refractivity contribution in [3.8, 4) is 17.2 Å². The van der Waals surface area contributed by atoms with Crippen LogP contribution >= 0.6 is 0 Å². The summed E-state index contributed by atoms with van der Waals surface area (Å²) in [6.45, 7) is 4.85. The normalized spacial score (nSPS) is 16.5. The van der Waals surface area contributed by atoms with Crippen LogP contribution in [-0.4, -0.2) is 65.8 Å². The Morgan fingerprint density at radius 2 is 1.47 bits per heavy atom. The van der Waals surface area contributed by atoms with E-state index in [9.17, 15) is 8.42 Å². The molecule has 226 valence electrons. The molecule has 0 amide bonds. The number of nitrogens with zero attached hydrogens (tertiary/aromatic N) is 3. The summed E-state index contributed by atoms with van der Waals surface area (Å²) in [5, 5.41) is 0.719. The van der Waals surface area contributed by atoms with E-state index in [-0.39, 0.29) is 9.79 Å². The molecule has 43 heavy (non-hydrogen) atoms. The fraction of sp³-hybridized carbons (Fsp3) is 0.382. The second-order valence-corrected chi connectivity index (χ2v) is 13.3. The minimum atomic E-state index is -3.89. The molecule has 2 aliphatic rings. The van der Waals surface area contributed by atoms with Crippen molar-refractivity contribution in [1.82, 2.24) is 9.88 Å². The molecule has 0 spiro atoms. The lowest BCUT2D eigenvalue weighted by molar-refractivity contribution is 0.331. The molecule has 2 fully saturated rings. The molecule has 3 aromatic carbocycles. The Morgan fingerprint density at radius 1 is 0.814 bits per heavy atom. The molecular weight excluding hydrogens is 562 g/mol. The zero-order chi connectivity index (χ0) is 30.0. The summed E-state index contributed by atoms with van der Waals surface area (Å²) in [6.07, 6.45) is 5.92. The number of methoxy groups -OCH3 is 3. The van der Waals surface area contributed by atoms with Gasteiger partial charge >= 0.3 is 0 Å². The predicted molar refractivity (Wildman–Crippen MR) is 168 cm³/mol. The number of pyridine rings is 1. The fourth-order valence-corrected chi connectivity index (χ4v) is 7.86. The lowest BCUT2D eigenvalue weighted by atomic mass is 9.88. The van der Waals surface area contributed by atoms with Gasteiger partial charge in [-0.25, -0.2) is 8.42 Å². The van der Waals surface area contributed by atoms with Crippen LogP contribution in [0.15, 0.2) is 76.7 Å². The Balaban J connectivity index is 1.32. The molecule has 0 atom stereocenters. The second-order valence-electron chi connectivity index (χ2n) is 11.4. The van der Waals surface area contributed by atoms with E-state index in [1.807, 2.05) is 6.07 Å². The monoisotopic (exact) mass is 601 g/mol. The van der Waals surface area contributed by atoms with Gasteiger partial charge in [0.25, 0.3) is 0 Å². The summed E-state index contributed by atoms with van der Waals surface area (Å²) >= 11 is 0. The molecule has 1 aromatic heterocycles. The summed E-state index contributed by atoms with van der Waals surface area (Å²) in [5.41, 5.74) is 4.02. The van der Waals surface area contributed by atoms with E-state index in [2.05, 4.69) is 39.0 Å². The smallest absolute Gasteiger partial charge is 0.210 e. The molecule has 0 bridgehead atoms. The molecule has 9 heteroatoms. The number of piperidine rings is 1. The molecule has 0 saturated carbocycles. The Morgan fingerprint density at radius 3 is 2.09 bits per heavy atom. The number of ether oxygens (including phenoxy) is 3. The summed E-state index contributed by atoms with van der Waals surface area (Å²) in [6, 6.07) is 19.2. The first kappa shape index (κ1) is 29.3. The Bertz CT molecular complexity index is 1680. The molecule has 4 aromatic rings. The topological polar surface area (TPSA) is 81.2 Å². The number of hydrogen-bond donors (Lipinski definition) is 0. The van der Waals surface area contributed by atoms with Crippen molar-refractivity contribution < 1.29 is 22.6 Å². The van der Waals surface area contributed by atoms with E-state index >= 15 is 0 Å². The highest BCUT2D eigenvalue weighted by molar-refractivity contribution is 7.91. The number of benzene rings is 3. The van der Waals surface area contributed by atoms with Crippen LogP contribution in [0.3, 0.4) is 0 Å². The standard InChI is InChI=1S/C34H39N3O5S/c1-40-27-10-12-28(13-11-27)43(38,39)33-22-35-30-21-32(42-3)31(41-2)20-29(30)34(33)37-18-14-26(15-19-37)25-8-6-24(7-9-25)23-36-16-4-5-17-36/h6-13,20-22,26H,4-5,14-19,23H2,1-3H3. The summed E-state index contributed by atoms with van der Waals surface area (Å²) in [7, 11) is 0.832. The maximum Gasteiger partial charge on any atom is 0.210 e. The van der Waals surface area contributed by atoms with E-state index in [1.165, 1.54) is 43.3 Å². The summed E-state index contributed by atoms with van der Waals surface area (Å²) in [5.74, 6) is 2.09. The molecule has 6 rings (SSSR count). The van der Waals surface area contributed by atoms with Crippen LogP contribution in [0.1, 0.15) is 42.7 Å². The first-order chi connectivity index (χ1) is 20.9. The van der Waals surface area contributed by atoms with Gasteiger partial charge in [0.1, 0.15) is 10.6 Å². The van der Waals surface area contributed by atoms with Gasteiger partial charge in [-0.2, -0.15) is 0 Å². The van der Waals surface area contributed by atoms with Crippen molar-refractivity contribution in [2.45, 2.75) is 47.9 Å². The third-order valence-electron chi connectivity index (χ3n) is 8.84. The van der Waals surface area contributed by atoms with E-state index in [4.69, 9.17) is 14.2 Å². The molecule has 0 aliphatic carbocycles. The number of hydrogen-bond acceptors (Lipinski definition) is 8. The zero-order valence-corrected chi connectivity index (χ0v) is 25.9. The van der Waals surface area contributed by atoms with E-state index < -0.39 is 9.84 Å². The third-order valence-corrected chi connectivity index (χ3v) is 10.6. The van der Waals surface area contributed by atoms with Crippen molar-refractivity contribution in [3.05, 3.63) is 78.0 Å². The molecule has 0 N–H and O–H groups in total. The minimum absolute atomic E-state index is 0.183. The SMILES string of the molecule is COc1ccc(S(=O)(=O)c2cnc3cc(OC)c(OC)cc3c2N2CCC(c3ccc(CN4CCCC4)cc3)CC2)cc1. The average Bonchev–Trinajstić information content (AvgIpc) is 3.57. The molecule has 3 heterocycles. The highest BCUT2D eigenvalue weighted by Gasteiger charge is 2.30. The Labute approximate surface area is 254 Å². The molecule has 2 aliphatic heterocycles. The number of likely N-dealkylation sites (tertiary alicyclic amines) is 1. The second kappa shape index (κ2) is 12.4. The highest BCUT2D eigenvalue weighted by Crippen LogP contribution is 2.42. The van der Waals surface area contributed by atoms with Crippen LogP contribution in [0.5, 0.6) is 17.2 Å². The predicted octanol–water partition coefficient (Wildman–Crippen LogP) is 6.07. The van der Waals surface area contributed by atoms with Crippen LogP contribution < -0.4 is 19.1 Å². The van der Waals surface area contributed by atoms with Crippen LogP contribution in [0.2, 0.25) is 0 Å². The van der Waals surface area contributed by atoms with Crippen molar-refractivity contribution >= 4 is 26.4 Å². The zero-order valence-electron chi connectivity index (χ0n) is 25.1. The third kappa shape index (κ3) is 5.88. The largest absolute Gasteiger partial charge is 0.497 e. The minimum Gasteiger partial charge on any atom is -0.497 e. The van der Waals surface area contributed by atoms with Gasteiger partial charge in [0.2, 0.25) is 9.84 Å². The quantitative estimate of drug-likeness (QED) is 0.229. The Hall–Kier alpha value is -3.82. The first-order valence-corrected chi connectivity index (χ1v) is 16.4. The highest BCUT2D eigenvalue weighted by atomic mass is 32.2. The van der Waals surface area contributed by atoms with E-state index in [0.717, 1.165) is 37.9 Å². The van der Waals surface area contributed by atoms with Crippen LogP contribution in [0.4, 0.5) is 5.69 Å². The maximum atomic E-state index is 14.1. The van der Waals surface area contributed by atoms with Crippen LogP contribution in [0, 0.1) is 0 Å². The summed E-state index contributed by atoms with van der Waals surface area (Å²) < 4.78 is 44.6. The van der Waals surface area contributed by atoms with Gasteiger partial charge in [0, 0.05) is 37.3 Å². The first-order valence-electron chi connectivity index (χ1n) is 14.9. The van der Waals surface area contributed by atoms with Gasteiger partial charge in [-0.15, -0.1) is 0 Å². The van der Waals surface area contributed by atoms with Crippen molar-refractivity contribution in [1.29, 1.82) is 0 Å². The Kier molecular flexibility index (Phi) is 8.45. The molecule has 2 saturated heterocycles. The van der Waals surface area contributed by atoms with Gasteiger partial charge in [-0.1, -0.05) is 24.3 Å². The van der Waals surface area contributed by atoms with Crippen molar-refractivity contribution in [3.63, 3.8) is 0 Å². The lowest BCUT2D eigenvalue weighted by Crippen LogP contribution is -2.34. The molecule has 0 unspecified atom stereocenters. The van der Waals surface area contributed by atoms with Crippen molar-refractivity contribution in [2.75, 3.05) is 52.4 Å². The van der Waals surface area contributed by atoms with Gasteiger partial charge < -0.3 is 19.1 Å². The molecule has 0 radical (unpaired) electrons. The number of sulfone groups is 1. The van der Waals surface area contributed by atoms with E-state index in [0.29, 0.717) is 34.4 Å². The van der Waals surface area contributed by atoms with Crippen molar-refractivity contribution in [2.24, 2.45) is 0 Å². The van der Waals surface area contributed by atoms with E-state index in [1.54, 1.807) is 51.7 Å². The lowest BCUT2D eigenvalue weighted by Gasteiger charge is -2.35. The number of anilines is 1. The summed E-state index contributed by atoms with van der Waals surface area (Å²) in [4.78, 5) is 9.68. The van der Waals surface area contributed by atoms with Crippen LogP contribution in [-0.2, 0) is 16.4 Å². The molecule has 8 nitrogen and oxygen atoms in total. The van der Waals surface area contributed by atoms with Crippen LogP contribution in [0.25, 0.3) is 10.9 Å². The fourth-order valence-electron chi connectivity index (χ4n) is 6.42. The molecular formula is C34H39N3O5S. The van der Waals surface area contributed by atoms with Gasteiger partial charge in [0.05, 0.1) is 37.4 Å².